The molecule has 3 amide bonds. The molecule has 0 spiro atoms. The van der Waals surface area contributed by atoms with Crippen molar-refractivity contribution in [2.24, 2.45) is 11.7 Å². The van der Waals surface area contributed by atoms with Gasteiger partial charge in [0.1, 0.15) is 6.54 Å². The molecule has 1 aromatic rings. The van der Waals surface area contributed by atoms with Gasteiger partial charge in [0.05, 0.1) is 17.8 Å². The lowest BCUT2D eigenvalue weighted by molar-refractivity contribution is -0.132. The molecule has 8 heteroatoms. The quantitative estimate of drug-likeness (QED) is 0.784. The van der Waals surface area contributed by atoms with Crippen molar-refractivity contribution in [3.63, 3.8) is 0 Å². The molecule has 1 atom stereocenters. The van der Waals surface area contributed by atoms with Gasteiger partial charge in [-0.15, -0.1) is 0 Å². The van der Waals surface area contributed by atoms with Crippen LogP contribution in [0.5, 0.6) is 0 Å². The standard InChI is InChI=1S/C13H19N5O3/c1-9(19)17-4-2-3-10(6-17)13(21)16-11-5-15-18(7-11)8-12(14)20/h5,7,10H,2-4,6,8H2,1H3,(H2,14,20)(H,16,21)/t10-/m1/s1. The fraction of sp³-hybridized carbons (Fsp3) is 0.538. The first-order chi connectivity index (χ1) is 9.95. The van der Waals surface area contributed by atoms with E-state index in [4.69, 9.17) is 5.73 Å². The Balaban J connectivity index is 1.93. The third kappa shape index (κ3) is 4.04. The molecule has 114 valence electrons. The highest BCUT2D eigenvalue weighted by atomic mass is 16.2. The van der Waals surface area contributed by atoms with Gasteiger partial charge < -0.3 is 16.0 Å². The first-order valence-corrected chi connectivity index (χ1v) is 6.83. The van der Waals surface area contributed by atoms with Crippen molar-refractivity contribution in [1.82, 2.24) is 14.7 Å². The van der Waals surface area contributed by atoms with E-state index in [1.165, 1.54) is 17.8 Å². The molecule has 0 bridgehead atoms. The predicted octanol–water partition coefficient (Wildman–Crippen LogP) is -0.435. The average Bonchev–Trinajstić information content (AvgIpc) is 2.85. The summed E-state index contributed by atoms with van der Waals surface area (Å²) in [6, 6.07) is 0. The van der Waals surface area contributed by atoms with Crippen LogP contribution in [0.3, 0.4) is 0 Å². The molecular weight excluding hydrogens is 274 g/mol. The lowest BCUT2D eigenvalue weighted by atomic mass is 9.97. The molecule has 0 aliphatic carbocycles. The molecule has 1 aliphatic heterocycles. The second kappa shape index (κ2) is 6.38. The number of anilines is 1. The molecule has 1 aromatic heterocycles. The van der Waals surface area contributed by atoms with Crippen LogP contribution in [0.2, 0.25) is 0 Å². The van der Waals surface area contributed by atoms with Gasteiger partial charge in [0.25, 0.3) is 0 Å². The maximum atomic E-state index is 12.2. The number of nitrogens with two attached hydrogens (primary N) is 1. The van der Waals surface area contributed by atoms with Crippen LogP contribution < -0.4 is 11.1 Å². The van der Waals surface area contributed by atoms with Crippen molar-refractivity contribution >= 4 is 23.4 Å². The van der Waals surface area contributed by atoms with Gasteiger partial charge in [-0.05, 0) is 12.8 Å². The number of nitrogens with zero attached hydrogens (tertiary/aromatic N) is 3. The van der Waals surface area contributed by atoms with Crippen LogP contribution in [-0.2, 0) is 20.9 Å². The van der Waals surface area contributed by atoms with Crippen LogP contribution in [0.1, 0.15) is 19.8 Å². The molecule has 1 aliphatic rings. The number of aromatic nitrogens is 2. The van der Waals surface area contributed by atoms with E-state index < -0.39 is 5.91 Å². The molecule has 1 saturated heterocycles. The molecule has 0 saturated carbocycles. The van der Waals surface area contributed by atoms with Gasteiger partial charge in [-0.25, -0.2) is 0 Å². The second-order valence-electron chi connectivity index (χ2n) is 5.19. The number of carbonyl (C=O) groups excluding carboxylic acids is 3. The topological polar surface area (TPSA) is 110 Å². The minimum Gasteiger partial charge on any atom is -0.368 e. The fourth-order valence-corrected chi connectivity index (χ4v) is 2.40. The maximum Gasteiger partial charge on any atom is 0.239 e. The predicted molar refractivity (Wildman–Crippen MR) is 75.0 cm³/mol. The number of likely N-dealkylation sites (tertiary alicyclic amines) is 1. The van der Waals surface area contributed by atoms with Gasteiger partial charge in [-0.2, -0.15) is 5.10 Å². The van der Waals surface area contributed by atoms with Crippen LogP contribution in [0.25, 0.3) is 0 Å². The Bertz CT molecular complexity index is 554. The number of hydrogen-bond acceptors (Lipinski definition) is 4. The highest BCUT2D eigenvalue weighted by molar-refractivity contribution is 5.93. The molecule has 8 nitrogen and oxygen atoms in total. The first kappa shape index (κ1) is 15.0. The maximum absolute atomic E-state index is 12.2. The Hall–Kier alpha value is -2.38. The number of rotatable bonds is 4. The summed E-state index contributed by atoms with van der Waals surface area (Å²) in [6.45, 7) is 2.62. The van der Waals surface area contributed by atoms with Crippen LogP contribution in [0.15, 0.2) is 12.4 Å². The van der Waals surface area contributed by atoms with Crippen molar-refractivity contribution in [2.45, 2.75) is 26.3 Å². The minimum absolute atomic E-state index is 0.0122. The molecule has 3 N–H and O–H groups in total. The van der Waals surface area contributed by atoms with Crippen LogP contribution >= 0.6 is 0 Å². The fourth-order valence-electron chi connectivity index (χ4n) is 2.40. The van der Waals surface area contributed by atoms with E-state index in [9.17, 15) is 14.4 Å². The summed E-state index contributed by atoms with van der Waals surface area (Å²) in [5, 5.41) is 6.69. The number of hydrogen-bond donors (Lipinski definition) is 2. The van der Waals surface area contributed by atoms with Crippen molar-refractivity contribution < 1.29 is 14.4 Å². The minimum atomic E-state index is -0.500. The molecule has 1 fully saturated rings. The van der Waals surface area contributed by atoms with Gasteiger partial charge >= 0.3 is 0 Å². The smallest absolute Gasteiger partial charge is 0.239 e. The summed E-state index contributed by atoms with van der Waals surface area (Å²) in [6.07, 6.45) is 4.59. The number of amides is 3. The zero-order valence-electron chi connectivity index (χ0n) is 11.9. The Kier molecular flexibility index (Phi) is 4.56. The number of piperidine rings is 1. The number of carbonyl (C=O) groups is 3. The summed E-state index contributed by atoms with van der Waals surface area (Å²) >= 11 is 0. The van der Waals surface area contributed by atoms with Crippen LogP contribution in [0.4, 0.5) is 5.69 Å². The first-order valence-electron chi connectivity index (χ1n) is 6.83. The Labute approximate surface area is 122 Å². The second-order valence-corrected chi connectivity index (χ2v) is 5.19. The molecule has 21 heavy (non-hydrogen) atoms. The Morgan fingerprint density at radius 2 is 2.24 bits per heavy atom. The molecule has 0 aromatic carbocycles. The number of nitrogens with one attached hydrogen (secondary N) is 1. The van der Waals surface area contributed by atoms with E-state index in [0.29, 0.717) is 18.8 Å². The summed E-state index contributed by atoms with van der Waals surface area (Å²) in [5.41, 5.74) is 5.59. The highest BCUT2D eigenvalue weighted by Crippen LogP contribution is 2.18. The SMILES string of the molecule is CC(=O)N1CCC[C@@H](C(=O)Nc2cnn(CC(N)=O)c2)C1. The van der Waals surface area contributed by atoms with Gasteiger partial charge in [-0.3, -0.25) is 19.1 Å². The third-order valence-corrected chi connectivity index (χ3v) is 3.46. The average molecular weight is 293 g/mol. The molecule has 2 heterocycles. The van der Waals surface area contributed by atoms with Crippen LogP contribution in [-0.4, -0.2) is 45.5 Å². The number of primary amides is 1. The van der Waals surface area contributed by atoms with E-state index in [0.717, 1.165) is 12.8 Å². The van der Waals surface area contributed by atoms with E-state index in [1.807, 2.05) is 0 Å². The van der Waals surface area contributed by atoms with E-state index in [1.54, 1.807) is 11.1 Å². The molecular formula is C13H19N5O3. The molecule has 0 radical (unpaired) electrons. The normalized spacial score (nSPS) is 18.3. The van der Waals surface area contributed by atoms with E-state index in [-0.39, 0.29) is 24.3 Å². The van der Waals surface area contributed by atoms with Gasteiger partial charge in [0.2, 0.25) is 17.7 Å². The van der Waals surface area contributed by atoms with Crippen molar-refractivity contribution in [2.75, 3.05) is 18.4 Å². The Morgan fingerprint density at radius 1 is 1.48 bits per heavy atom. The largest absolute Gasteiger partial charge is 0.368 e. The zero-order valence-corrected chi connectivity index (χ0v) is 11.9. The van der Waals surface area contributed by atoms with Crippen molar-refractivity contribution in [1.29, 1.82) is 0 Å². The molecule has 0 unspecified atom stereocenters. The van der Waals surface area contributed by atoms with E-state index >= 15 is 0 Å². The van der Waals surface area contributed by atoms with Crippen LogP contribution in [0, 0.1) is 5.92 Å². The Morgan fingerprint density at radius 3 is 2.90 bits per heavy atom. The lowest BCUT2D eigenvalue weighted by Gasteiger charge is -2.31. The van der Waals surface area contributed by atoms with Gasteiger partial charge in [0, 0.05) is 26.2 Å². The summed E-state index contributed by atoms with van der Waals surface area (Å²) < 4.78 is 1.36. The third-order valence-electron chi connectivity index (χ3n) is 3.46. The van der Waals surface area contributed by atoms with Crippen molar-refractivity contribution in [3.05, 3.63) is 12.4 Å². The summed E-state index contributed by atoms with van der Waals surface area (Å²) in [7, 11) is 0. The van der Waals surface area contributed by atoms with E-state index in [2.05, 4.69) is 10.4 Å². The zero-order chi connectivity index (χ0) is 15.4. The van der Waals surface area contributed by atoms with Gasteiger partial charge in [0.15, 0.2) is 0 Å². The lowest BCUT2D eigenvalue weighted by Crippen LogP contribution is -2.42. The monoisotopic (exact) mass is 293 g/mol. The highest BCUT2D eigenvalue weighted by Gasteiger charge is 2.27. The van der Waals surface area contributed by atoms with Crippen molar-refractivity contribution in [3.8, 4) is 0 Å². The summed E-state index contributed by atoms with van der Waals surface area (Å²) in [5.74, 6) is -0.871. The van der Waals surface area contributed by atoms with Gasteiger partial charge in [-0.1, -0.05) is 0 Å². The molecule has 2 rings (SSSR count). The summed E-state index contributed by atoms with van der Waals surface area (Å²) in [4.78, 5) is 36.0.